The molecule has 0 aliphatic carbocycles. The summed E-state index contributed by atoms with van der Waals surface area (Å²) in [6, 6.07) is 8.83. The summed E-state index contributed by atoms with van der Waals surface area (Å²) in [4.78, 5) is 29.8. The molecule has 3 atom stereocenters. The summed E-state index contributed by atoms with van der Waals surface area (Å²) in [6.07, 6.45) is 3.39. The van der Waals surface area contributed by atoms with Crippen molar-refractivity contribution < 1.29 is 18.0 Å². The number of carbonyl (C=O) groups excluding carboxylic acids is 2. The lowest BCUT2D eigenvalue weighted by atomic mass is 10.0. The van der Waals surface area contributed by atoms with Crippen molar-refractivity contribution in [1.82, 2.24) is 14.1 Å². The summed E-state index contributed by atoms with van der Waals surface area (Å²) in [7, 11) is -2.46. The van der Waals surface area contributed by atoms with Gasteiger partial charge in [0.2, 0.25) is 21.8 Å². The fourth-order valence-corrected chi connectivity index (χ4v) is 6.46. The van der Waals surface area contributed by atoms with Crippen molar-refractivity contribution in [3.05, 3.63) is 41.4 Å². The van der Waals surface area contributed by atoms with Gasteiger partial charge in [-0.15, -0.1) is 0 Å². The minimum atomic E-state index is -3.90. The van der Waals surface area contributed by atoms with Crippen LogP contribution < -0.4 is 0 Å². The average molecular weight is 492 g/mol. The number of sulfonamides is 1. The standard InChI is InChI=1S/C24H30ClN3O4S/c1-16-6-4-5-12-27(16)23(29)17(2)28-13-11-22(24(28)30)26(3)33(31,32)21-10-8-18-14-20(25)9-7-19(18)15-21/h7-10,14-17,22H,4-6,11-13H2,1-3H3/t16-,17+,22?/m1/s1. The fourth-order valence-electron chi connectivity index (χ4n) is 4.90. The van der Waals surface area contributed by atoms with Crippen molar-refractivity contribution in [3.63, 3.8) is 0 Å². The number of carbonyl (C=O) groups is 2. The van der Waals surface area contributed by atoms with Gasteiger partial charge < -0.3 is 9.80 Å². The molecule has 2 aromatic carbocycles. The topological polar surface area (TPSA) is 78.0 Å². The van der Waals surface area contributed by atoms with E-state index in [1.54, 1.807) is 37.3 Å². The van der Waals surface area contributed by atoms with Gasteiger partial charge in [-0.1, -0.05) is 23.7 Å². The van der Waals surface area contributed by atoms with Gasteiger partial charge in [0.1, 0.15) is 12.1 Å². The molecule has 2 saturated heterocycles. The maximum Gasteiger partial charge on any atom is 0.245 e. The van der Waals surface area contributed by atoms with Crippen LogP contribution in [0.5, 0.6) is 0 Å². The Morgan fingerprint density at radius 2 is 1.79 bits per heavy atom. The van der Waals surface area contributed by atoms with Crippen LogP contribution in [0.2, 0.25) is 5.02 Å². The number of hydrogen-bond donors (Lipinski definition) is 0. The third kappa shape index (κ3) is 4.48. The zero-order valence-electron chi connectivity index (χ0n) is 19.2. The van der Waals surface area contributed by atoms with Crippen molar-refractivity contribution in [1.29, 1.82) is 0 Å². The third-order valence-corrected chi connectivity index (χ3v) is 9.11. The Morgan fingerprint density at radius 3 is 2.52 bits per heavy atom. The zero-order valence-corrected chi connectivity index (χ0v) is 20.8. The molecule has 0 N–H and O–H groups in total. The molecule has 0 spiro atoms. The number of benzene rings is 2. The Labute approximate surface area is 200 Å². The molecule has 33 heavy (non-hydrogen) atoms. The van der Waals surface area contributed by atoms with E-state index in [-0.39, 0.29) is 22.8 Å². The lowest BCUT2D eigenvalue weighted by molar-refractivity contribution is -0.146. The average Bonchev–Trinajstić information content (AvgIpc) is 3.18. The number of amides is 2. The Hall–Kier alpha value is -2.16. The number of hydrogen-bond acceptors (Lipinski definition) is 4. The highest BCUT2D eigenvalue weighted by Gasteiger charge is 2.43. The summed E-state index contributed by atoms with van der Waals surface area (Å²) in [5, 5.41) is 2.17. The normalized spacial score (nSPS) is 22.9. The summed E-state index contributed by atoms with van der Waals surface area (Å²) in [5.74, 6) is -0.381. The van der Waals surface area contributed by atoms with Crippen LogP contribution in [0.25, 0.3) is 10.8 Å². The Balaban J connectivity index is 1.51. The molecule has 9 heteroatoms. The van der Waals surface area contributed by atoms with Gasteiger partial charge >= 0.3 is 0 Å². The lowest BCUT2D eigenvalue weighted by Crippen LogP contribution is -2.53. The summed E-state index contributed by atoms with van der Waals surface area (Å²) >= 11 is 6.02. The van der Waals surface area contributed by atoms with Gasteiger partial charge in [-0.05, 0) is 74.6 Å². The molecule has 2 aromatic rings. The maximum atomic E-state index is 13.3. The van der Waals surface area contributed by atoms with Crippen LogP contribution in [-0.4, -0.2) is 72.6 Å². The first-order valence-electron chi connectivity index (χ1n) is 11.4. The fraction of sp³-hybridized carbons (Fsp3) is 0.500. The number of rotatable bonds is 5. The number of likely N-dealkylation sites (N-methyl/N-ethyl adjacent to an activating group) is 1. The molecule has 0 saturated carbocycles. The van der Waals surface area contributed by atoms with E-state index in [9.17, 15) is 18.0 Å². The number of piperidine rings is 1. The van der Waals surface area contributed by atoms with E-state index in [1.165, 1.54) is 18.0 Å². The van der Waals surface area contributed by atoms with Gasteiger partial charge in [-0.3, -0.25) is 9.59 Å². The summed E-state index contributed by atoms with van der Waals surface area (Å²) in [6.45, 7) is 4.84. The highest BCUT2D eigenvalue weighted by Crippen LogP contribution is 2.28. The van der Waals surface area contributed by atoms with Crippen LogP contribution >= 0.6 is 11.6 Å². The highest BCUT2D eigenvalue weighted by molar-refractivity contribution is 7.89. The molecular weight excluding hydrogens is 462 g/mol. The molecular formula is C24H30ClN3O4S. The summed E-state index contributed by atoms with van der Waals surface area (Å²) < 4.78 is 27.8. The third-order valence-electron chi connectivity index (χ3n) is 7.01. The second-order valence-electron chi connectivity index (χ2n) is 9.06. The molecule has 2 amide bonds. The molecule has 2 aliphatic heterocycles. The van der Waals surface area contributed by atoms with Crippen LogP contribution in [0, 0.1) is 0 Å². The van der Waals surface area contributed by atoms with Crippen LogP contribution in [-0.2, 0) is 19.6 Å². The largest absolute Gasteiger partial charge is 0.338 e. The van der Waals surface area contributed by atoms with Crippen molar-refractivity contribution in [3.8, 4) is 0 Å². The molecule has 0 aromatic heterocycles. The minimum Gasteiger partial charge on any atom is -0.338 e. The molecule has 2 heterocycles. The Morgan fingerprint density at radius 1 is 1.09 bits per heavy atom. The van der Waals surface area contributed by atoms with E-state index < -0.39 is 22.1 Å². The monoisotopic (exact) mass is 491 g/mol. The molecule has 178 valence electrons. The number of fused-ring (bicyclic) bond motifs is 1. The molecule has 4 rings (SSSR count). The Bertz CT molecular complexity index is 1190. The van der Waals surface area contributed by atoms with Crippen LogP contribution in [0.1, 0.15) is 39.5 Å². The van der Waals surface area contributed by atoms with E-state index in [0.717, 1.165) is 34.3 Å². The van der Waals surface area contributed by atoms with E-state index in [4.69, 9.17) is 11.6 Å². The predicted molar refractivity (Wildman–Crippen MR) is 129 cm³/mol. The smallest absolute Gasteiger partial charge is 0.245 e. The van der Waals surface area contributed by atoms with Gasteiger partial charge in [-0.2, -0.15) is 4.31 Å². The first kappa shape index (κ1) is 24.0. The van der Waals surface area contributed by atoms with Gasteiger partial charge in [-0.25, -0.2) is 8.42 Å². The second-order valence-corrected chi connectivity index (χ2v) is 11.5. The molecule has 2 aliphatic rings. The van der Waals surface area contributed by atoms with E-state index >= 15 is 0 Å². The van der Waals surface area contributed by atoms with Crippen molar-refractivity contribution in [2.24, 2.45) is 0 Å². The zero-order chi connectivity index (χ0) is 23.9. The van der Waals surface area contributed by atoms with Gasteiger partial charge in [0, 0.05) is 31.2 Å². The van der Waals surface area contributed by atoms with E-state index in [0.29, 0.717) is 24.5 Å². The first-order chi connectivity index (χ1) is 15.6. The molecule has 0 radical (unpaired) electrons. The SMILES string of the molecule is C[C@@H]1CCCCN1C(=O)[C@H](C)N1CCC(N(C)S(=O)(=O)c2ccc3cc(Cl)ccc3c2)C1=O. The minimum absolute atomic E-state index is 0.0603. The predicted octanol–water partition coefficient (Wildman–Crippen LogP) is 3.50. The van der Waals surface area contributed by atoms with Crippen molar-refractivity contribution >= 4 is 44.2 Å². The van der Waals surface area contributed by atoms with Crippen LogP contribution in [0.3, 0.4) is 0 Å². The van der Waals surface area contributed by atoms with Crippen LogP contribution in [0.4, 0.5) is 0 Å². The number of halogens is 1. The van der Waals surface area contributed by atoms with Crippen LogP contribution in [0.15, 0.2) is 41.3 Å². The molecule has 2 fully saturated rings. The molecule has 1 unspecified atom stereocenters. The highest BCUT2D eigenvalue weighted by atomic mass is 35.5. The number of nitrogens with zero attached hydrogens (tertiary/aromatic N) is 3. The van der Waals surface area contributed by atoms with Gasteiger partial charge in [0.25, 0.3) is 0 Å². The quantitative estimate of drug-likeness (QED) is 0.641. The van der Waals surface area contributed by atoms with Gasteiger partial charge in [0.15, 0.2) is 0 Å². The maximum absolute atomic E-state index is 13.3. The summed E-state index contributed by atoms with van der Waals surface area (Å²) in [5.41, 5.74) is 0. The van der Waals surface area contributed by atoms with E-state index in [1.807, 2.05) is 11.8 Å². The molecule has 7 nitrogen and oxygen atoms in total. The van der Waals surface area contributed by atoms with Crippen molar-refractivity contribution in [2.75, 3.05) is 20.1 Å². The first-order valence-corrected chi connectivity index (χ1v) is 13.2. The van der Waals surface area contributed by atoms with E-state index in [2.05, 4.69) is 0 Å². The Kier molecular flexibility index (Phi) is 6.71. The lowest BCUT2D eigenvalue weighted by Gasteiger charge is -2.37. The number of likely N-dealkylation sites (tertiary alicyclic amines) is 2. The van der Waals surface area contributed by atoms with Crippen molar-refractivity contribution in [2.45, 2.75) is 62.6 Å². The molecule has 0 bridgehead atoms. The van der Waals surface area contributed by atoms with Gasteiger partial charge in [0.05, 0.1) is 4.90 Å². The second kappa shape index (κ2) is 9.24.